The van der Waals surface area contributed by atoms with Gasteiger partial charge in [0.05, 0.1) is 29.9 Å². The number of sulfonamides is 1. The fourth-order valence-corrected chi connectivity index (χ4v) is 4.54. The minimum Gasteiger partial charge on any atom is -0.495 e. The van der Waals surface area contributed by atoms with Crippen LogP contribution in [-0.2, 0) is 19.6 Å². The third-order valence-corrected chi connectivity index (χ3v) is 6.43. The lowest BCUT2D eigenvalue weighted by Crippen LogP contribution is -2.38. The number of carbonyl (C=O) groups excluding carboxylic acids is 2. The lowest BCUT2D eigenvalue weighted by atomic mass is 10.2. The Morgan fingerprint density at radius 2 is 1.55 bits per heavy atom. The molecule has 0 radical (unpaired) electrons. The van der Waals surface area contributed by atoms with E-state index in [1.807, 2.05) is 0 Å². The zero-order valence-electron chi connectivity index (χ0n) is 18.2. The second kappa shape index (κ2) is 10.6. The number of hydrogen-bond acceptors (Lipinski definition) is 6. The number of para-hydroxylation sites is 2. The number of nitrogens with one attached hydrogen (secondary N) is 1. The zero-order chi connectivity index (χ0) is 23.8. The zero-order valence-corrected chi connectivity index (χ0v) is 19.0. The summed E-state index contributed by atoms with van der Waals surface area (Å²) >= 11 is 0. The second-order valence-electron chi connectivity index (χ2n) is 6.84. The summed E-state index contributed by atoms with van der Waals surface area (Å²) in [4.78, 5) is 24.7. The van der Waals surface area contributed by atoms with Gasteiger partial charge < -0.3 is 14.8 Å². The van der Waals surface area contributed by atoms with E-state index in [1.54, 1.807) is 61.5 Å². The van der Waals surface area contributed by atoms with Gasteiger partial charge in [-0.25, -0.2) is 13.2 Å². The molecule has 0 saturated carbocycles. The molecule has 0 spiro atoms. The summed E-state index contributed by atoms with van der Waals surface area (Å²) in [6.45, 7) is 1.48. The van der Waals surface area contributed by atoms with E-state index in [4.69, 9.17) is 9.47 Å². The van der Waals surface area contributed by atoms with E-state index in [9.17, 15) is 18.0 Å². The third-order valence-electron chi connectivity index (χ3n) is 4.65. The topological polar surface area (TPSA) is 102 Å². The van der Waals surface area contributed by atoms with E-state index >= 15 is 0 Å². The van der Waals surface area contributed by atoms with E-state index in [0.29, 0.717) is 17.0 Å². The standard InChI is InChI=1S/C24H24N2O6S/c1-3-32-24(28)18-13-15-19(16-14-18)25-23(27)17-26(21-11-7-8-12-22(21)31-2)33(29,30)20-9-5-4-6-10-20/h4-16H,3,17H2,1-2H3,(H,25,27). The van der Waals surface area contributed by atoms with Gasteiger partial charge in [-0.2, -0.15) is 0 Å². The molecule has 3 rings (SSSR count). The number of amides is 1. The van der Waals surface area contributed by atoms with Gasteiger partial charge in [0, 0.05) is 5.69 Å². The van der Waals surface area contributed by atoms with Crippen molar-refractivity contribution in [2.75, 3.05) is 29.9 Å². The molecule has 172 valence electrons. The lowest BCUT2D eigenvalue weighted by molar-refractivity contribution is -0.114. The highest BCUT2D eigenvalue weighted by Gasteiger charge is 2.29. The predicted octanol–water partition coefficient (Wildman–Crippen LogP) is 3.71. The quantitative estimate of drug-likeness (QED) is 0.481. The Morgan fingerprint density at radius 3 is 2.18 bits per heavy atom. The van der Waals surface area contributed by atoms with E-state index in [2.05, 4.69) is 5.32 Å². The normalized spacial score (nSPS) is 10.8. The molecule has 33 heavy (non-hydrogen) atoms. The number of ether oxygens (including phenoxy) is 2. The number of benzene rings is 3. The van der Waals surface area contributed by atoms with Gasteiger partial charge in [-0.3, -0.25) is 9.10 Å². The van der Waals surface area contributed by atoms with Gasteiger partial charge in [-0.1, -0.05) is 30.3 Å². The minimum atomic E-state index is -4.07. The number of hydrogen-bond donors (Lipinski definition) is 1. The Bertz CT molecular complexity index is 1210. The number of anilines is 2. The maximum atomic E-state index is 13.4. The van der Waals surface area contributed by atoms with Crippen LogP contribution in [0.4, 0.5) is 11.4 Å². The minimum absolute atomic E-state index is 0.0440. The predicted molar refractivity (Wildman–Crippen MR) is 125 cm³/mol. The van der Waals surface area contributed by atoms with Gasteiger partial charge in [-0.05, 0) is 55.5 Å². The van der Waals surface area contributed by atoms with Crippen LogP contribution in [-0.4, -0.2) is 40.6 Å². The largest absolute Gasteiger partial charge is 0.495 e. The Morgan fingerprint density at radius 1 is 0.909 bits per heavy atom. The highest BCUT2D eigenvalue weighted by Crippen LogP contribution is 2.32. The van der Waals surface area contributed by atoms with E-state index in [0.717, 1.165) is 4.31 Å². The fourth-order valence-electron chi connectivity index (χ4n) is 3.09. The van der Waals surface area contributed by atoms with Gasteiger partial charge >= 0.3 is 5.97 Å². The first-order chi connectivity index (χ1) is 15.9. The van der Waals surface area contributed by atoms with Crippen molar-refractivity contribution in [3.63, 3.8) is 0 Å². The first-order valence-electron chi connectivity index (χ1n) is 10.1. The molecule has 3 aromatic carbocycles. The summed E-state index contributed by atoms with van der Waals surface area (Å²) in [6.07, 6.45) is 0. The smallest absolute Gasteiger partial charge is 0.338 e. The highest BCUT2D eigenvalue weighted by atomic mass is 32.2. The molecule has 0 unspecified atom stereocenters. The van der Waals surface area contributed by atoms with Crippen molar-refractivity contribution in [2.45, 2.75) is 11.8 Å². The van der Waals surface area contributed by atoms with Crippen LogP contribution < -0.4 is 14.4 Å². The number of nitrogens with zero attached hydrogens (tertiary/aromatic N) is 1. The summed E-state index contributed by atoms with van der Waals surface area (Å²) < 4.78 is 38.1. The molecule has 0 aromatic heterocycles. The van der Waals surface area contributed by atoms with Crippen LogP contribution in [0.15, 0.2) is 83.8 Å². The van der Waals surface area contributed by atoms with Crippen molar-refractivity contribution in [1.29, 1.82) is 0 Å². The van der Waals surface area contributed by atoms with Gasteiger partial charge in [0.25, 0.3) is 10.0 Å². The molecule has 0 fully saturated rings. The van der Waals surface area contributed by atoms with Crippen molar-refractivity contribution in [2.24, 2.45) is 0 Å². The Labute approximate surface area is 192 Å². The van der Waals surface area contributed by atoms with E-state index in [-0.39, 0.29) is 17.2 Å². The van der Waals surface area contributed by atoms with Crippen LogP contribution in [0.25, 0.3) is 0 Å². The molecule has 0 atom stereocenters. The molecule has 0 aliphatic rings. The van der Waals surface area contributed by atoms with Crippen molar-refractivity contribution in [1.82, 2.24) is 0 Å². The van der Waals surface area contributed by atoms with Crippen LogP contribution in [0.3, 0.4) is 0 Å². The van der Waals surface area contributed by atoms with Crippen LogP contribution in [0.1, 0.15) is 17.3 Å². The SMILES string of the molecule is CCOC(=O)c1ccc(NC(=O)CN(c2ccccc2OC)S(=O)(=O)c2ccccc2)cc1. The molecule has 1 amide bonds. The summed E-state index contributed by atoms with van der Waals surface area (Å²) in [7, 11) is -2.64. The molecular weight excluding hydrogens is 444 g/mol. The molecule has 0 saturated heterocycles. The van der Waals surface area contributed by atoms with Crippen LogP contribution in [0.5, 0.6) is 5.75 Å². The lowest BCUT2D eigenvalue weighted by Gasteiger charge is -2.25. The summed E-state index contributed by atoms with van der Waals surface area (Å²) in [5.41, 5.74) is 0.985. The van der Waals surface area contributed by atoms with Crippen molar-refractivity contribution < 1.29 is 27.5 Å². The highest BCUT2D eigenvalue weighted by molar-refractivity contribution is 7.92. The number of carbonyl (C=O) groups is 2. The summed E-state index contributed by atoms with van der Waals surface area (Å²) in [6, 6.07) is 20.5. The summed E-state index contributed by atoms with van der Waals surface area (Å²) in [5, 5.41) is 2.66. The van der Waals surface area contributed by atoms with Gasteiger partial charge in [-0.15, -0.1) is 0 Å². The molecule has 1 N–H and O–H groups in total. The molecule has 9 heteroatoms. The van der Waals surface area contributed by atoms with Gasteiger partial charge in [0.15, 0.2) is 0 Å². The second-order valence-corrected chi connectivity index (χ2v) is 8.70. The summed E-state index contributed by atoms with van der Waals surface area (Å²) in [5.74, 6) is -0.723. The number of esters is 1. The van der Waals surface area contributed by atoms with Crippen LogP contribution >= 0.6 is 0 Å². The maximum Gasteiger partial charge on any atom is 0.338 e. The average Bonchev–Trinajstić information content (AvgIpc) is 2.83. The third kappa shape index (κ3) is 5.69. The van der Waals surface area contributed by atoms with Crippen LogP contribution in [0.2, 0.25) is 0 Å². The van der Waals surface area contributed by atoms with E-state index in [1.165, 1.54) is 31.4 Å². The Balaban J connectivity index is 1.88. The number of methoxy groups -OCH3 is 1. The van der Waals surface area contributed by atoms with Gasteiger partial charge in [0.2, 0.25) is 5.91 Å². The average molecular weight is 469 g/mol. The first-order valence-corrected chi connectivity index (χ1v) is 11.6. The molecule has 0 bridgehead atoms. The Kier molecular flexibility index (Phi) is 7.68. The van der Waals surface area contributed by atoms with Crippen LogP contribution in [0, 0.1) is 0 Å². The van der Waals surface area contributed by atoms with Gasteiger partial charge in [0.1, 0.15) is 12.3 Å². The molecule has 0 aliphatic carbocycles. The molecular formula is C24H24N2O6S. The van der Waals surface area contributed by atoms with Crippen molar-refractivity contribution in [3.05, 3.63) is 84.4 Å². The molecule has 8 nitrogen and oxygen atoms in total. The van der Waals surface area contributed by atoms with Crippen molar-refractivity contribution >= 4 is 33.3 Å². The first kappa shape index (κ1) is 23.8. The number of rotatable bonds is 9. The van der Waals surface area contributed by atoms with Crippen molar-refractivity contribution in [3.8, 4) is 5.75 Å². The van der Waals surface area contributed by atoms with E-state index < -0.39 is 28.4 Å². The fraction of sp³-hybridized carbons (Fsp3) is 0.167. The maximum absolute atomic E-state index is 13.4. The molecule has 3 aromatic rings. The Hall–Kier alpha value is -3.85. The molecule has 0 heterocycles. The molecule has 0 aliphatic heterocycles. The monoisotopic (exact) mass is 468 g/mol.